The molecule has 0 fully saturated rings. The monoisotopic (exact) mass is 532 g/mol. The van der Waals surface area contributed by atoms with Crippen molar-refractivity contribution in [1.29, 1.82) is 0 Å². The van der Waals surface area contributed by atoms with E-state index in [1.54, 1.807) is 0 Å². The van der Waals surface area contributed by atoms with Gasteiger partial charge in [0.1, 0.15) is 0 Å². The third-order valence-electron chi connectivity index (χ3n) is 6.90. The molecule has 0 aliphatic carbocycles. The Hall–Kier alpha value is -4.98. The topological polar surface area (TPSA) is 101 Å². The molecule has 0 radical (unpaired) electrons. The second kappa shape index (κ2) is 11.4. The van der Waals surface area contributed by atoms with Crippen LogP contribution in [0.4, 0.5) is 0 Å². The van der Waals surface area contributed by atoms with Crippen LogP contribution in [0.25, 0.3) is 21.5 Å². The number of carbonyl (C=O) groups excluding carboxylic acids is 2. The average Bonchev–Trinajstić information content (AvgIpc) is 3.60. The molecule has 0 amide bonds. The highest BCUT2D eigenvalue weighted by atomic mass is 16.6. The van der Waals surface area contributed by atoms with Crippen LogP contribution in [0.15, 0.2) is 107 Å². The first-order chi connectivity index (χ1) is 19.6. The molecule has 6 rings (SSSR count). The molecule has 2 atom stereocenters. The first kappa shape index (κ1) is 25.3. The molecule has 2 aliphatic rings. The summed E-state index contributed by atoms with van der Waals surface area (Å²) in [6.45, 7) is 1.13. The van der Waals surface area contributed by atoms with Crippen LogP contribution in [0.3, 0.4) is 0 Å². The zero-order valence-corrected chi connectivity index (χ0v) is 21.7. The van der Waals surface area contributed by atoms with Gasteiger partial charge in [0.25, 0.3) is 12.0 Å². The maximum atomic E-state index is 12.2. The molecule has 0 bridgehead atoms. The van der Waals surface area contributed by atoms with Gasteiger partial charge in [-0.3, -0.25) is 0 Å². The lowest BCUT2D eigenvalue weighted by atomic mass is 10.0. The van der Waals surface area contributed by atoms with Gasteiger partial charge in [-0.15, -0.1) is 0 Å². The molecule has 2 heterocycles. The van der Waals surface area contributed by atoms with Gasteiger partial charge in [0, 0.05) is 25.2 Å². The maximum absolute atomic E-state index is 12.2. The zero-order chi connectivity index (χ0) is 27.3. The molecule has 4 aromatic rings. The fourth-order valence-corrected chi connectivity index (χ4v) is 4.96. The van der Waals surface area contributed by atoms with Crippen LogP contribution in [0.5, 0.6) is 0 Å². The smallest absolute Gasteiger partial charge is 0.338 e. The van der Waals surface area contributed by atoms with Crippen LogP contribution >= 0.6 is 0 Å². The number of benzene rings is 4. The van der Waals surface area contributed by atoms with Gasteiger partial charge in [-0.25, -0.2) is 19.6 Å². The van der Waals surface area contributed by atoms with E-state index in [9.17, 15) is 9.59 Å². The van der Waals surface area contributed by atoms with Crippen molar-refractivity contribution in [2.24, 2.45) is 9.98 Å². The average molecular weight is 533 g/mol. The van der Waals surface area contributed by atoms with Crippen LogP contribution < -0.4 is 10.6 Å². The van der Waals surface area contributed by atoms with E-state index in [0.29, 0.717) is 13.1 Å². The molecule has 0 aromatic heterocycles. The predicted octanol–water partition coefficient (Wildman–Crippen LogP) is 4.08. The summed E-state index contributed by atoms with van der Waals surface area (Å²) in [7, 11) is 0. The van der Waals surface area contributed by atoms with E-state index in [0.717, 1.165) is 36.1 Å². The van der Waals surface area contributed by atoms with Crippen molar-refractivity contribution in [3.8, 4) is 0 Å². The summed E-state index contributed by atoms with van der Waals surface area (Å²) >= 11 is 0. The minimum absolute atomic E-state index is 0.0492. The summed E-state index contributed by atoms with van der Waals surface area (Å²) in [5.74, 6) is -1.44. The summed E-state index contributed by atoms with van der Waals surface area (Å²) in [6.07, 6.45) is 3.48. The minimum atomic E-state index is -0.718. The number of amidine groups is 2. The summed E-state index contributed by atoms with van der Waals surface area (Å²) in [6, 6.07) is 29.3. The Bertz CT molecular complexity index is 1550. The highest BCUT2D eigenvalue weighted by molar-refractivity contribution is 6.00. The summed E-state index contributed by atoms with van der Waals surface area (Å²) in [5.41, 5.74) is 2.32. The van der Waals surface area contributed by atoms with Gasteiger partial charge in [0.05, 0.1) is 12.1 Å². The van der Waals surface area contributed by atoms with Crippen molar-refractivity contribution in [3.05, 3.63) is 108 Å². The fourth-order valence-electron chi connectivity index (χ4n) is 4.96. The van der Waals surface area contributed by atoms with E-state index < -0.39 is 11.9 Å². The van der Waals surface area contributed by atoms with Crippen LogP contribution in [0.1, 0.15) is 11.1 Å². The second-order valence-corrected chi connectivity index (χ2v) is 9.88. The number of carbonyl (C=O) groups is 2. The number of rotatable bonds is 6. The Morgan fingerprint density at radius 3 is 1.52 bits per heavy atom. The van der Waals surface area contributed by atoms with Gasteiger partial charge < -0.3 is 20.1 Å². The Kier molecular flexibility index (Phi) is 7.22. The standard InChI is InChI=1S/C32H28N4O4/c37-29(39-31-33-19-27(35-31)17-21-9-11-23-5-1-3-7-25(23)15-21)13-14-30(38)40-32-34-20-28(36-32)18-22-10-12-24-6-2-4-8-26(24)16-22/h1-16,27-28H,17-20H2,(H,33,35)(H,34,36)/b14-13+. The molecule has 0 saturated carbocycles. The van der Waals surface area contributed by atoms with Crippen molar-refractivity contribution in [1.82, 2.24) is 10.6 Å². The Morgan fingerprint density at radius 1 is 0.650 bits per heavy atom. The highest BCUT2D eigenvalue weighted by Crippen LogP contribution is 2.19. The zero-order valence-electron chi connectivity index (χ0n) is 21.7. The predicted molar refractivity (Wildman–Crippen MR) is 155 cm³/mol. The first-order valence-electron chi connectivity index (χ1n) is 13.3. The molecule has 200 valence electrons. The van der Waals surface area contributed by atoms with Gasteiger partial charge >= 0.3 is 11.9 Å². The van der Waals surface area contributed by atoms with Crippen molar-refractivity contribution < 1.29 is 19.1 Å². The molecule has 2 N–H and O–H groups in total. The van der Waals surface area contributed by atoms with Gasteiger partial charge in [-0.05, 0) is 45.5 Å². The molecule has 8 nitrogen and oxygen atoms in total. The van der Waals surface area contributed by atoms with Gasteiger partial charge in [-0.2, -0.15) is 0 Å². The largest absolute Gasteiger partial charge is 0.389 e. The quantitative estimate of drug-likeness (QED) is 0.287. The number of aliphatic imine (C=N–C) groups is 2. The van der Waals surface area contributed by atoms with Crippen molar-refractivity contribution >= 4 is 45.5 Å². The summed E-state index contributed by atoms with van der Waals surface area (Å²) in [5, 5.41) is 10.7. The van der Waals surface area contributed by atoms with E-state index in [-0.39, 0.29) is 24.1 Å². The molecule has 2 aliphatic heterocycles. The van der Waals surface area contributed by atoms with E-state index >= 15 is 0 Å². The Labute approximate surface area is 231 Å². The minimum Gasteiger partial charge on any atom is -0.389 e. The van der Waals surface area contributed by atoms with E-state index in [4.69, 9.17) is 9.47 Å². The fraction of sp³-hybridized carbons (Fsp3) is 0.188. The van der Waals surface area contributed by atoms with Gasteiger partial charge in [-0.1, -0.05) is 84.9 Å². The van der Waals surface area contributed by atoms with E-state index in [1.807, 2.05) is 24.3 Å². The number of fused-ring (bicyclic) bond motifs is 2. The number of nitrogens with zero attached hydrogens (tertiary/aromatic N) is 2. The Morgan fingerprint density at radius 2 is 1.07 bits per heavy atom. The molecular weight excluding hydrogens is 504 g/mol. The Balaban J connectivity index is 0.971. The van der Waals surface area contributed by atoms with Crippen molar-refractivity contribution in [2.45, 2.75) is 24.9 Å². The summed E-state index contributed by atoms with van der Waals surface area (Å²) in [4.78, 5) is 33.3. The van der Waals surface area contributed by atoms with E-state index in [1.165, 1.54) is 21.5 Å². The van der Waals surface area contributed by atoms with Crippen LogP contribution in [-0.2, 0) is 31.9 Å². The third-order valence-corrected chi connectivity index (χ3v) is 6.90. The van der Waals surface area contributed by atoms with Gasteiger partial charge in [0.2, 0.25) is 0 Å². The number of hydrogen-bond donors (Lipinski definition) is 2. The molecule has 2 unspecified atom stereocenters. The molecule has 0 saturated heterocycles. The number of nitrogens with one attached hydrogen (secondary N) is 2. The summed E-state index contributed by atoms with van der Waals surface area (Å²) < 4.78 is 10.5. The number of hydrogen-bond acceptors (Lipinski definition) is 8. The molecular formula is C32H28N4O4. The lowest BCUT2D eigenvalue weighted by Crippen LogP contribution is -2.26. The SMILES string of the molecule is O=C(/C=C/C(=O)OC1=NC(Cc2ccc3ccccc3c2)CN1)OC1=NC(Cc2ccc3ccccc3c2)CN1. The van der Waals surface area contributed by atoms with Crippen LogP contribution in [-0.4, -0.2) is 49.2 Å². The van der Waals surface area contributed by atoms with Crippen molar-refractivity contribution in [2.75, 3.05) is 13.1 Å². The van der Waals surface area contributed by atoms with E-state index in [2.05, 4.69) is 81.3 Å². The second-order valence-electron chi connectivity index (χ2n) is 9.88. The maximum Gasteiger partial charge on any atom is 0.338 e. The van der Waals surface area contributed by atoms with Gasteiger partial charge in [0.15, 0.2) is 0 Å². The van der Waals surface area contributed by atoms with Crippen LogP contribution in [0.2, 0.25) is 0 Å². The lowest BCUT2D eigenvalue weighted by Gasteiger charge is -2.07. The molecule has 40 heavy (non-hydrogen) atoms. The first-order valence-corrected chi connectivity index (χ1v) is 13.3. The highest BCUT2D eigenvalue weighted by Gasteiger charge is 2.22. The van der Waals surface area contributed by atoms with Crippen molar-refractivity contribution in [3.63, 3.8) is 0 Å². The third kappa shape index (κ3) is 6.18. The normalized spacial score (nSPS) is 18.3. The number of ether oxygens (including phenoxy) is 2. The molecule has 8 heteroatoms. The number of esters is 2. The molecule has 4 aromatic carbocycles. The lowest BCUT2D eigenvalue weighted by molar-refractivity contribution is -0.132. The van der Waals surface area contributed by atoms with Crippen LogP contribution in [0, 0.1) is 0 Å². The molecule has 0 spiro atoms.